The number of benzene rings is 1. The van der Waals surface area contributed by atoms with Gasteiger partial charge >= 0.3 is 0 Å². The highest BCUT2D eigenvalue weighted by Gasteiger charge is 2.11. The Bertz CT molecular complexity index is 462. The van der Waals surface area contributed by atoms with E-state index < -0.39 is 6.10 Å². The average molecular weight is 204 g/mol. The second-order valence-corrected chi connectivity index (χ2v) is 3.79. The molecular formula is C12H16N2O. The Morgan fingerprint density at radius 2 is 2.20 bits per heavy atom. The number of aliphatic hydroxyl groups is 1. The van der Waals surface area contributed by atoms with Gasteiger partial charge in [-0.1, -0.05) is 18.2 Å². The Morgan fingerprint density at radius 1 is 1.40 bits per heavy atom. The molecule has 2 N–H and O–H groups in total. The molecule has 15 heavy (non-hydrogen) atoms. The lowest BCUT2D eigenvalue weighted by Crippen LogP contribution is -2.17. The Labute approximate surface area is 89.3 Å². The summed E-state index contributed by atoms with van der Waals surface area (Å²) in [6.45, 7) is 0.574. The summed E-state index contributed by atoms with van der Waals surface area (Å²) in [5.41, 5.74) is 2.09. The van der Waals surface area contributed by atoms with E-state index >= 15 is 0 Å². The fourth-order valence-electron chi connectivity index (χ4n) is 1.96. The highest BCUT2D eigenvalue weighted by atomic mass is 16.3. The molecular weight excluding hydrogens is 188 g/mol. The van der Waals surface area contributed by atoms with Crippen molar-refractivity contribution < 1.29 is 5.11 Å². The number of hydrogen-bond donors (Lipinski definition) is 2. The topological polar surface area (TPSA) is 37.2 Å². The number of aryl methyl sites for hydroxylation is 1. The maximum absolute atomic E-state index is 9.99. The first-order valence-electron chi connectivity index (χ1n) is 5.10. The number of aliphatic hydroxyl groups excluding tert-OH is 1. The molecule has 0 saturated heterocycles. The summed E-state index contributed by atoms with van der Waals surface area (Å²) in [7, 11) is 3.84. The van der Waals surface area contributed by atoms with E-state index in [1.165, 1.54) is 5.39 Å². The Morgan fingerprint density at radius 3 is 2.93 bits per heavy atom. The van der Waals surface area contributed by atoms with Gasteiger partial charge in [0.1, 0.15) is 0 Å². The van der Waals surface area contributed by atoms with Gasteiger partial charge in [0.15, 0.2) is 0 Å². The summed E-state index contributed by atoms with van der Waals surface area (Å²) in [6.07, 6.45) is 1.56. The second kappa shape index (κ2) is 4.04. The van der Waals surface area contributed by atoms with E-state index in [9.17, 15) is 5.11 Å². The van der Waals surface area contributed by atoms with Crippen molar-refractivity contribution in [2.45, 2.75) is 6.10 Å². The number of aromatic nitrogens is 1. The van der Waals surface area contributed by atoms with Gasteiger partial charge in [-0.25, -0.2) is 0 Å². The van der Waals surface area contributed by atoms with Crippen molar-refractivity contribution in [2.24, 2.45) is 7.05 Å². The van der Waals surface area contributed by atoms with Crippen LogP contribution in [0.3, 0.4) is 0 Å². The van der Waals surface area contributed by atoms with E-state index in [0.717, 1.165) is 11.1 Å². The molecule has 0 amide bonds. The molecule has 1 atom stereocenters. The highest BCUT2D eigenvalue weighted by molar-refractivity contribution is 5.83. The van der Waals surface area contributed by atoms with Gasteiger partial charge < -0.3 is 15.0 Å². The van der Waals surface area contributed by atoms with Crippen LogP contribution >= 0.6 is 0 Å². The lowest BCUT2D eigenvalue weighted by atomic mass is 10.1. The summed E-state index contributed by atoms with van der Waals surface area (Å²) in [5, 5.41) is 14.1. The molecule has 0 aliphatic heterocycles. The fraction of sp³-hybridized carbons (Fsp3) is 0.333. The van der Waals surface area contributed by atoms with Crippen LogP contribution in [0.1, 0.15) is 11.7 Å². The van der Waals surface area contributed by atoms with Gasteiger partial charge in [-0.2, -0.15) is 0 Å². The van der Waals surface area contributed by atoms with Gasteiger partial charge in [-0.15, -0.1) is 0 Å². The van der Waals surface area contributed by atoms with Gasteiger partial charge in [-0.3, -0.25) is 0 Å². The first kappa shape index (κ1) is 10.2. The Kier molecular flexibility index (Phi) is 2.75. The maximum Gasteiger partial charge on any atom is 0.0934 e. The fourth-order valence-corrected chi connectivity index (χ4v) is 1.96. The van der Waals surface area contributed by atoms with Crippen molar-refractivity contribution in [2.75, 3.05) is 13.6 Å². The molecule has 3 nitrogen and oxygen atoms in total. The number of likely N-dealkylation sites (N-methyl/N-ethyl adjacent to an activating group) is 1. The lowest BCUT2D eigenvalue weighted by molar-refractivity contribution is 0.179. The van der Waals surface area contributed by atoms with Crippen LogP contribution in [-0.2, 0) is 7.05 Å². The minimum Gasteiger partial charge on any atom is -0.387 e. The van der Waals surface area contributed by atoms with Crippen LogP contribution in [-0.4, -0.2) is 23.3 Å². The largest absolute Gasteiger partial charge is 0.387 e. The summed E-state index contributed by atoms with van der Waals surface area (Å²) in [6, 6.07) is 8.08. The molecule has 1 heterocycles. The molecule has 2 aromatic rings. The van der Waals surface area contributed by atoms with Gasteiger partial charge in [0, 0.05) is 25.4 Å². The van der Waals surface area contributed by atoms with Crippen LogP contribution < -0.4 is 5.32 Å². The number of para-hydroxylation sites is 1. The zero-order valence-electron chi connectivity index (χ0n) is 9.07. The van der Waals surface area contributed by atoms with Crippen LogP contribution in [0.2, 0.25) is 0 Å². The monoisotopic (exact) mass is 204 g/mol. The van der Waals surface area contributed by atoms with E-state index in [2.05, 4.69) is 17.4 Å². The van der Waals surface area contributed by atoms with E-state index in [1.54, 1.807) is 0 Å². The van der Waals surface area contributed by atoms with Gasteiger partial charge in [0.05, 0.1) is 11.6 Å². The van der Waals surface area contributed by atoms with Crippen LogP contribution in [0, 0.1) is 0 Å². The SMILES string of the molecule is CNCC(O)c1cccc2ccn(C)c12. The molecule has 1 aromatic carbocycles. The zero-order chi connectivity index (χ0) is 10.8. The van der Waals surface area contributed by atoms with Gasteiger partial charge in [-0.05, 0) is 18.5 Å². The minimum absolute atomic E-state index is 0.452. The molecule has 2 rings (SSSR count). The Hall–Kier alpha value is -1.32. The standard InChI is InChI=1S/C12H16N2O/c1-13-8-11(15)10-5-3-4-9-6-7-14(2)12(9)10/h3-7,11,13,15H,8H2,1-2H3. The first-order valence-corrected chi connectivity index (χ1v) is 5.10. The number of nitrogens with zero attached hydrogens (tertiary/aromatic N) is 1. The van der Waals surface area contributed by atoms with Crippen LogP contribution in [0.25, 0.3) is 10.9 Å². The number of fused-ring (bicyclic) bond motifs is 1. The van der Waals surface area contributed by atoms with E-state index in [0.29, 0.717) is 6.54 Å². The third-order valence-electron chi connectivity index (χ3n) is 2.69. The van der Waals surface area contributed by atoms with Gasteiger partial charge in [0.2, 0.25) is 0 Å². The molecule has 80 valence electrons. The van der Waals surface area contributed by atoms with Crippen LogP contribution in [0.4, 0.5) is 0 Å². The van der Waals surface area contributed by atoms with Gasteiger partial charge in [0.25, 0.3) is 0 Å². The molecule has 1 aromatic heterocycles. The van der Waals surface area contributed by atoms with E-state index in [-0.39, 0.29) is 0 Å². The smallest absolute Gasteiger partial charge is 0.0934 e. The molecule has 0 radical (unpaired) electrons. The quantitative estimate of drug-likeness (QED) is 0.793. The maximum atomic E-state index is 9.99. The van der Waals surface area contributed by atoms with Crippen molar-refractivity contribution in [3.8, 4) is 0 Å². The third-order valence-corrected chi connectivity index (χ3v) is 2.69. The van der Waals surface area contributed by atoms with Crippen molar-refractivity contribution in [3.63, 3.8) is 0 Å². The average Bonchev–Trinajstić information content (AvgIpc) is 2.61. The summed E-state index contributed by atoms with van der Waals surface area (Å²) in [4.78, 5) is 0. The van der Waals surface area contributed by atoms with Crippen molar-refractivity contribution in [1.82, 2.24) is 9.88 Å². The van der Waals surface area contributed by atoms with Crippen molar-refractivity contribution >= 4 is 10.9 Å². The predicted octanol–water partition coefficient (Wildman–Crippen LogP) is 1.43. The van der Waals surface area contributed by atoms with Crippen molar-refractivity contribution in [3.05, 3.63) is 36.0 Å². The Balaban J connectivity index is 2.54. The molecule has 1 unspecified atom stereocenters. The summed E-state index contributed by atoms with van der Waals surface area (Å²) < 4.78 is 2.05. The molecule has 0 spiro atoms. The van der Waals surface area contributed by atoms with Crippen LogP contribution in [0.15, 0.2) is 30.5 Å². The molecule has 0 saturated carbocycles. The molecule has 0 aliphatic carbocycles. The minimum atomic E-state index is -0.452. The molecule has 0 bridgehead atoms. The summed E-state index contributed by atoms with van der Waals surface area (Å²) in [5.74, 6) is 0. The number of rotatable bonds is 3. The van der Waals surface area contributed by atoms with E-state index in [1.807, 2.05) is 37.0 Å². The summed E-state index contributed by atoms with van der Waals surface area (Å²) >= 11 is 0. The normalized spacial score (nSPS) is 13.3. The highest BCUT2D eigenvalue weighted by Crippen LogP contribution is 2.24. The number of nitrogens with one attached hydrogen (secondary N) is 1. The first-order chi connectivity index (χ1) is 7.24. The van der Waals surface area contributed by atoms with E-state index in [4.69, 9.17) is 0 Å². The zero-order valence-corrected chi connectivity index (χ0v) is 9.07. The third kappa shape index (κ3) is 1.76. The molecule has 0 fully saturated rings. The molecule has 0 aliphatic rings. The second-order valence-electron chi connectivity index (χ2n) is 3.79. The lowest BCUT2D eigenvalue weighted by Gasteiger charge is -2.12. The molecule has 3 heteroatoms. The predicted molar refractivity (Wildman–Crippen MR) is 61.8 cm³/mol. The number of hydrogen-bond acceptors (Lipinski definition) is 2. The van der Waals surface area contributed by atoms with Crippen molar-refractivity contribution in [1.29, 1.82) is 0 Å². The van der Waals surface area contributed by atoms with Crippen LogP contribution in [0.5, 0.6) is 0 Å².